The minimum Gasteiger partial charge on any atom is -0.457 e. The summed E-state index contributed by atoms with van der Waals surface area (Å²) in [5.41, 5.74) is 0.328. The van der Waals surface area contributed by atoms with Gasteiger partial charge in [0.2, 0.25) is 0 Å². The molecule has 4 rings (SSSR count). The second-order valence-corrected chi connectivity index (χ2v) is 7.27. The molecule has 1 atom stereocenters. The highest BCUT2D eigenvalue weighted by Gasteiger charge is 2.36. The van der Waals surface area contributed by atoms with Crippen LogP contribution >= 0.6 is 0 Å². The summed E-state index contributed by atoms with van der Waals surface area (Å²) in [4.78, 5) is 26.2. The predicted octanol–water partition coefficient (Wildman–Crippen LogP) is 4.37. The summed E-state index contributed by atoms with van der Waals surface area (Å²) in [7, 11) is 0. The summed E-state index contributed by atoms with van der Waals surface area (Å²) in [6.45, 7) is 1.82. The highest BCUT2D eigenvalue weighted by atomic mass is 16.5. The topological polar surface area (TPSA) is 66.8 Å². The maximum absolute atomic E-state index is 12.5. The average molecular weight is 387 g/mol. The summed E-state index contributed by atoms with van der Waals surface area (Å²) in [6, 6.07) is 23.4. The summed E-state index contributed by atoms with van der Waals surface area (Å²) in [5.74, 6) is 0.773. The zero-order chi connectivity index (χ0) is 20.4. The Morgan fingerprint density at radius 2 is 1.31 bits per heavy atom. The molecule has 0 fully saturated rings. The lowest BCUT2D eigenvalue weighted by molar-refractivity contribution is 0.0339. The van der Waals surface area contributed by atoms with Crippen LogP contribution in [0, 0.1) is 0 Å². The van der Waals surface area contributed by atoms with Crippen molar-refractivity contribution in [1.82, 2.24) is 4.90 Å². The van der Waals surface area contributed by atoms with E-state index < -0.39 is 5.60 Å². The van der Waals surface area contributed by atoms with E-state index in [-0.39, 0.29) is 24.8 Å². The SMILES string of the molecule is CC(O)(CCN1C(=O)c2ccccc2C1=O)c1ccc(Oc2ccccc2)cc1. The second-order valence-electron chi connectivity index (χ2n) is 7.27. The number of benzene rings is 3. The molecule has 0 radical (unpaired) electrons. The van der Waals surface area contributed by atoms with Crippen LogP contribution in [-0.4, -0.2) is 28.4 Å². The van der Waals surface area contributed by atoms with Crippen molar-refractivity contribution >= 4 is 11.8 Å². The van der Waals surface area contributed by atoms with E-state index >= 15 is 0 Å². The van der Waals surface area contributed by atoms with E-state index in [0.29, 0.717) is 22.4 Å². The average Bonchev–Trinajstić information content (AvgIpc) is 2.98. The van der Waals surface area contributed by atoms with E-state index in [9.17, 15) is 14.7 Å². The Morgan fingerprint density at radius 3 is 1.90 bits per heavy atom. The first-order valence-electron chi connectivity index (χ1n) is 9.47. The van der Waals surface area contributed by atoms with Gasteiger partial charge in [-0.25, -0.2) is 0 Å². The maximum atomic E-state index is 12.5. The van der Waals surface area contributed by atoms with Crippen molar-refractivity contribution in [3.8, 4) is 11.5 Å². The van der Waals surface area contributed by atoms with Crippen molar-refractivity contribution in [3.05, 3.63) is 95.6 Å². The van der Waals surface area contributed by atoms with Crippen LogP contribution in [0.4, 0.5) is 0 Å². The Hall–Kier alpha value is -3.44. The molecule has 0 aromatic heterocycles. The van der Waals surface area contributed by atoms with Crippen LogP contribution in [0.1, 0.15) is 39.6 Å². The highest BCUT2D eigenvalue weighted by Crippen LogP contribution is 2.30. The largest absolute Gasteiger partial charge is 0.457 e. The van der Waals surface area contributed by atoms with E-state index in [4.69, 9.17) is 4.74 Å². The Balaban J connectivity index is 1.43. The van der Waals surface area contributed by atoms with Crippen molar-refractivity contribution in [3.63, 3.8) is 0 Å². The fraction of sp³-hybridized carbons (Fsp3) is 0.167. The molecule has 0 bridgehead atoms. The third-order valence-electron chi connectivity index (χ3n) is 5.16. The van der Waals surface area contributed by atoms with Crippen molar-refractivity contribution < 1.29 is 19.4 Å². The molecule has 0 saturated carbocycles. The van der Waals surface area contributed by atoms with Crippen molar-refractivity contribution in [2.75, 3.05) is 6.54 Å². The molecule has 29 heavy (non-hydrogen) atoms. The summed E-state index contributed by atoms with van der Waals surface area (Å²) >= 11 is 0. The lowest BCUT2D eigenvalue weighted by Gasteiger charge is -2.26. The number of fused-ring (bicyclic) bond motifs is 1. The quantitative estimate of drug-likeness (QED) is 0.638. The molecule has 3 aromatic carbocycles. The van der Waals surface area contributed by atoms with Gasteiger partial charge in [0.25, 0.3) is 11.8 Å². The number of hydrogen-bond donors (Lipinski definition) is 1. The standard InChI is InChI=1S/C24H21NO4/c1-24(28,15-16-25-22(26)20-9-5-6-10-21(20)23(25)27)17-11-13-19(14-12-17)29-18-7-3-2-4-8-18/h2-14,28H,15-16H2,1H3. The lowest BCUT2D eigenvalue weighted by Crippen LogP contribution is -2.35. The first-order chi connectivity index (χ1) is 14.0. The molecule has 1 heterocycles. The molecule has 5 nitrogen and oxygen atoms in total. The van der Waals surface area contributed by atoms with Gasteiger partial charge in [-0.05, 0) is 55.3 Å². The van der Waals surface area contributed by atoms with Gasteiger partial charge in [-0.15, -0.1) is 0 Å². The molecule has 1 N–H and O–H groups in total. The number of nitrogens with zero attached hydrogens (tertiary/aromatic N) is 1. The van der Waals surface area contributed by atoms with Gasteiger partial charge in [0.15, 0.2) is 0 Å². The monoisotopic (exact) mass is 387 g/mol. The molecular formula is C24H21NO4. The number of hydrogen-bond acceptors (Lipinski definition) is 4. The highest BCUT2D eigenvalue weighted by molar-refractivity contribution is 6.21. The molecular weight excluding hydrogens is 366 g/mol. The molecule has 1 aliphatic rings. The van der Waals surface area contributed by atoms with Crippen LogP contribution < -0.4 is 4.74 Å². The van der Waals surface area contributed by atoms with Crippen LogP contribution in [0.25, 0.3) is 0 Å². The van der Waals surface area contributed by atoms with Crippen LogP contribution in [0.2, 0.25) is 0 Å². The fourth-order valence-electron chi connectivity index (χ4n) is 3.42. The number of aliphatic hydroxyl groups is 1. The van der Waals surface area contributed by atoms with E-state index in [0.717, 1.165) is 5.75 Å². The molecule has 0 aliphatic carbocycles. The zero-order valence-corrected chi connectivity index (χ0v) is 16.0. The Labute approximate surface area is 169 Å². The first-order valence-corrected chi connectivity index (χ1v) is 9.47. The third kappa shape index (κ3) is 3.77. The first kappa shape index (κ1) is 18.9. The summed E-state index contributed by atoms with van der Waals surface area (Å²) < 4.78 is 5.77. The van der Waals surface area contributed by atoms with Gasteiger partial charge in [-0.3, -0.25) is 14.5 Å². The molecule has 5 heteroatoms. The lowest BCUT2D eigenvalue weighted by atomic mass is 9.92. The van der Waals surface area contributed by atoms with E-state index in [2.05, 4.69) is 0 Å². The number of carbonyl (C=O) groups is 2. The van der Waals surface area contributed by atoms with Gasteiger partial charge >= 0.3 is 0 Å². The van der Waals surface area contributed by atoms with Gasteiger partial charge in [0.1, 0.15) is 11.5 Å². The van der Waals surface area contributed by atoms with E-state index in [1.807, 2.05) is 30.3 Å². The molecule has 2 amide bonds. The molecule has 1 unspecified atom stereocenters. The Kier molecular flexibility index (Phi) is 4.91. The summed E-state index contributed by atoms with van der Waals surface area (Å²) in [6.07, 6.45) is 0.233. The van der Waals surface area contributed by atoms with Crippen LogP contribution in [0.3, 0.4) is 0 Å². The smallest absolute Gasteiger partial charge is 0.261 e. The zero-order valence-electron chi connectivity index (χ0n) is 16.0. The van der Waals surface area contributed by atoms with Crippen LogP contribution in [0.15, 0.2) is 78.9 Å². The molecule has 3 aromatic rings. The van der Waals surface area contributed by atoms with Crippen molar-refractivity contribution in [1.29, 1.82) is 0 Å². The second kappa shape index (κ2) is 7.53. The number of rotatable bonds is 6. The maximum Gasteiger partial charge on any atom is 0.261 e. The number of amides is 2. The van der Waals surface area contributed by atoms with Gasteiger partial charge in [0, 0.05) is 6.54 Å². The van der Waals surface area contributed by atoms with Crippen LogP contribution in [-0.2, 0) is 5.60 Å². The molecule has 1 aliphatic heterocycles. The van der Waals surface area contributed by atoms with Crippen molar-refractivity contribution in [2.45, 2.75) is 18.9 Å². The molecule has 146 valence electrons. The van der Waals surface area contributed by atoms with Crippen LogP contribution in [0.5, 0.6) is 11.5 Å². The van der Waals surface area contributed by atoms with E-state index in [1.54, 1.807) is 55.5 Å². The molecule has 0 saturated heterocycles. The minimum atomic E-state index is -1.19. The van der Waals surface area contributed by atoms with Gasteiger partial charge in [0.05, 0.1) is 16.7 Å². The van der Waals surface area contributed by atoms with Crippen molar-refractivity contribution in [2.24, 2.45) is 0 Å². The van der Waals surface area contributed by atoms with Gasteiger partial charge in [-0.2, -0.15) is 0 Å². The molecule has 0 spiro atoms. The Morgan fingerprint density at radius 1 is 0.793 bits per heavy atom. The fourth-order valence-corrected chi connectivity index (χ4v) is 3.42. The van der Waals surface area contributed by atoms with Gasteiger partial charge < -0.3 is 9.84 Å². The number of ether oxygens (including phenoxy) is 1. The minimum absolute atomic E-state index is 0.140. The number of imide groups is 1. The number of carbonyl (C=O) groups excluding carboxylic acids is 2. The number of para-hydroxylation sites is 1. The Bertz CT molecular complexity index is 1010. The summed E-state index contributed by atoms with van der Waals surface area (Å²) in [5, 5.41) is 10.9. The third-order valence-corrected chi connectivity index (χ3v) is 5.16. The van der Waals surface area contributed by atoms with E-state index in [1.165, 1.54) is 4.90 Å². The normalized spacial score (nSPS) is 15.2. The van der Waals surface area contributed by atoms with Gasteiger partial charge in [-0.1, -0.05) is 42.5 Å². The predicted molar refractivity (Wildman–Crippen MR) is 109 cm³/mol.